The number of carbonyl (C=O) groups excluding carboxylic acids is 1. The van der Waals surface area contributed by atoms with Crippen LogP contribution in [0.1, 0.15) is 50.1 Å². The fraction of sp³-hybridized carbons (Fsp3) is 0.727. The Balaban J connectivity index is 1.77. The highest BCUT2D eigenvalue weighted by Gasteiger charge is 2.53. The number of hydrogen-bond donors (Lipinski definition) is 3. The summed E-state index contributed by atoms with van der Waals surface area (Å²) >= 11 is 1.73. The van der Waals surface area contributed by atoms with E-state index in [1.54, 1.807) is 18.4 Å². The van der Waals surface area contributed by atoms with Crippen LogP contribution in [0.25, 0.3) is 0 Å². The van der Waals surface area contributed by atoms with Crippen molar-refractivity contribution in [2.45, 2.75) is 52.1 Å². The predicted molar refractivity (Wildman–Crippen MR) is 117 cm³/mol. The smallest absolute Gasteiger partial charge is 0.223 e. The fourth-order valence-electron chi connectivity index (χ4n) is 5.41. The molecule has 2 aliphatic rings. The standard InChI is InChI=1S/C22H35N3O3S/c1-6-9-24-21-25-18-14(3)17-19(26)15(13(2)20(27)23-10-11-28-5)7-8-22(17,4)12-16(18)29-21/h6,13-15,17,19,26H,1,7-12H2,2-5H3,(H,23,27)(H,24,25)/t13-,14+,15+,17+,19-,22+/m0/s1. The lowest BCUT2D eigenvalue weighted by Crippen LogP contribution is -2.53. The summed E-state index contributed by atoms with van der Waals surface area (Å²) in [5.41, 5.74) is 1.15. The van der Waals surface area contributed by atoms with E-state index in [4.69, 9.17) is 9.72 Å². The highest BCUT2D eigenvalue weighted by atomic mass is 32.1. The van der Waals surface area contributed by atoms with Crippen LogP contribution in [0.15, 0.2) is 12.7 Å². The Bertz CT molecular complexity index is 737. The van der Waals surface area contributed by atoms with Gasteiger partial charge in [0, 0.05) is 36.9 Å². The molecular formula is C22H35N3O3S. The van der Waals surface area contributed by atoms with Crippen LogP contribution >= 0.6 is 11.3 Å². The summed E-state index contributed by atoms with van der Waals surface area (Å²) in [5, 5.41) is 18.6. The van der Waals surface area contributed by atoms with Crippen LogP contribution in [0.2, 0.25) is 0 Å². The number of aliphatic hydroxyl groups is 1. The van der Waals surface area contributed by atoms with Crippen LogP contribution in [0, 0.1) is 23.2 Å². The number of methoxy groups -OCH3 is 1. The van der Waals surface area contributed by atoms with Crippen molar-refractivity contribution in [2.24, 2.45) is 23.2 Å². The van der Waals surface area contributed by atoms with Crippen LogP contribution < -0.4 is 10.6 Å². The molecule has 0 radical (unpaired) electrons. The molecule has 6 nitrogen and oxygen atoms in total. The van der Waals surface area contributed by atoms with Gasteiger partial charge in [0.25, 0.3) is 0 Å². The first-order valence-electron chi connectivity index (χ1n) is 10.6. The van der Waals surface area contributed by atoms with Gasteiger partial charge in [-0.15, -0.1) is 17.9 Å². The van der Waals surface area contributed by atoms with Crippen molar-refractivity contribution >= 4 is 22.4 Å². The van der Waals surface area contributed by atoms with E-state index in [-0.39, 0.29) is 35.0 Å². The number of aliphatic hydroxyl groups excluding tert-OH is 1. The molecule has 1 fully saturated rings. The van der Waals surface area contributed by atoms with Crippen LogP contribution in [0.5, 0.6) is 0 Å². The zero-order valence-electron chi connectivity index (χ0n) is 18.0. The molecule has 1 aromatic rings. The molecule has 0 bridgehead atoms. The Morgan fingerprint density at radius 3 is 3.00 bits per heavy atom. The largest absolute Gasteiger partial charge is 0.392 e. The quantitative estimate of drug-likeness (QED) is 0.443. The molecule has 1 saturated carbocycles. The number of fused-ring (bicyclic) bond motifs is 2. The summed E-state index contributed by atoms with van der Waals surface area (Å²) in [6, 6.07) is 0. The monoisotopic (exact) mass is 421 g/mol. The molecule has 2 aliphatic carbocycles. The van der Waals surface area contributed by atoms with E-state index < -0.39 is 6.10 Å². The Morgan fingerprint density at radius 1 is 1.55 bits per heavy atom. The summed E-state index contributed by atoms with van der Waals surface area (Å²) in [6.07, 6.45) is 4.16. The summed E-state index contributed by atoms with van der Waals surface area (Å²) < 4.78 is 5.02. The van der Waals surface area contributed by atoms with Crippen LogP contribution in [0.4, 0.5) is 5.13 Å². The second-order valence-corrected chi connectivity index (χ2v) is 9.99. The van der Waals surface area contributed by atoms with E-state index >= 15 is 0 Å². The molecule has 0 unspecified atom stereocenters. The summed E-state index contributed by atoms with van der Waals surface area (Å²) in [4.78, 5) is 18.7. The zero-order valence-corrected chi connectivity index (χ0v) is 18.8. The first kappa shape index (κ1) is 22.2. The SMILES string of the molecule is C=CCNc1nc2c(s1)C[C@@]1(C)CC[C@H]([C@H](C)C(=O)NCCOC)[C@H](O)[C@H]1[C@H]2C. The molecule has 0 saturated heterocycles. The van der Waals surface area contributed by atoms with E-state index in [0.717, 1.165) is 30.1 Å². The van der Waals surface area contributed by atoms with Gasteiger partial charge in [0.2, 0.25) is 5.91 Å². The Kier molecular flexibility index (Phi) is 7.02. The number of carbonyl (C=O) groups is 1. The van der Waals surface area contributed by atoms with Gasteiger partial charge < -0.3 is 20.5 Å². The van der Waals surface area contributed by atoms with Crippen LogP contribution in [-0.2, 0) is 16.0 Å². The topological polar surface area (TPSA) is 83.5 Å². The Hall–Kier alpha value is -1.44. The number of amides is 1. The van der Waals surface area contributed by atoms with Crippen molar-refractivity contribution in [3.8, 4) is 0 Å². The second-order valence-electron chi connectivity index (χ2n) is 8.91. The van der Waals surface area contributed by atoms with Crippen molar-refractivity contribution in [1.82, 2.24) is 10.3 Å². The van der Waals surface area contributed by atoms with Gasteiger partial charge in [-0.25, -0.2) is 4.98 Å². The average molecular weight is 422 g/mol. The number of anilines is 1. The van der Waals surface area contributed by atoms with E-state index in [0.29, 0.717) is 19.7 Å². The molecule has 0 aliphatic heterocycles. The first-order valence-corrected chi connectivity index (χ1v) is 11.4. The van der Waals surface area contributed by atoms with Crippen LogP contribution in [0.3, 0.4) is 0 Å². The third kappa shape index (κ3) is 4.37. The Labute approximate surface area is 178 Å². The lowest BCUT2D eigenvalue weighted by Gasteiger charge is -2.53. The summed E-state index contributed by atoms with van der Waals surface area (Å²) in [6.45, 7) is 11.9. The number of nitrogens with zero attached hydrogens (tertiary/aromatic N) is 1. The molecule has 162 valence electrons. The average Bonchev–Trinajstić information content (AvgIpc) is 3.08. The van der Waals surface area contributed by atoms with Crippen molar-refractivity contribution < 1.29 is 14.6 Å². The van der Waals surface area contributed by atoms with Gasteiger partial charge in [-0.3, -0.25) is 4.79 Å². The number of aromatic nitrogens is 1. The van der Waals surface area contributed by atoms with Gasteiger partial charge in [-0.2, -0.15) is 0 Å². The minimum atomic E-state index is -0.508. The van der Waals surface area contributed by atoms with Gasteiger partial charge in [-0.05, 0) is 36.5 Å². The van der Waals surface area contributed by atoms with Gasteiger partial charge in [0.1, 0.15) is 0 Å². The first-order chi connectivity index (χ1) is 13.8. The maximum atomic E-state index is 12.6. The molecule has 0 aromatic carbocycles. The summed E-state index contributed by atoms with van der Waals surface area (Å²) in [5.74, 6) is 0.0264. The maximum Gasteiger partial charge on any atom is 0.223 e. The molecule has 3 rings (SSSR count). The minimum Gasteiger partial charge on any atom is -0.392 e. The summed E-state index contributed by atoms with van der Waals surface area (Å²) in [7, 11) is 1.62. The van der Waals surface area contributed by atoms with Gasteiger partial charge in [0.15, 0.2) is 5.13 Å². The molecule has 1 aromatic heterocycles. The van der Waals surface area contributed by atoms with E-state index in [1.165, 1.54) is 4.88 Å². The number of ether oxygens (including phenoxy) is 1. The number of rotatable bonds is 8. The second kappa shape index (κ2) is 9.14. The van der Waals surface area contributed by atoms with Crippen molar-refractivity contribution in [2.75, 3.05) is 32.1 Å². The van der Waals surface area contributed by atoms with E-state index in [9.17, 15) is 9.90 Å². The third-order valence-electron chi connectivity index (χ3n) is 6.98. The Morgan fingerprint density at radius 2 is 2.31 bits per heavy atom. The molecule has 0 spiro atoms. The number of hydrogen-bond acceptors (Lipinski definition) is 6. The van der Waals surface area contributed by atoms with Crippen molar-refractivity contribution in [3.63, 3.8) is 0 Å². The normalized spacial score (nSPS) is 32.0. The van der Waals surface area contributed by atoms with Gasteiger partial charge >= 0.3 is 0 Å². The van der Waals surface area contributed by atoms with Gasteiger partial charge in [-0.1, -0.05) is 26.8 Å². The number of thiazole rings is 1. The highest BCUT2D eigenvalue weighted by Crippen LogP contribution is 2.57. The highest BCUT2D eigenvalue weighted by molar-refractivity contribution is 7.15. The molecule has 6 atom stereocenters. The lowest BCUT2D eigenvalue weighted by atomic mass is 9.53. The number of nitrogens with one attached hydrogen (secondary N) is 2. The van der Waals surface area contributed by atoms with Crippen molar-refractivity contribution in [3.05, 3.63) is 23.2 Å². The third-order valence-corrected chi connectivity index (χ3v) is 8.01. The van der Waals surface area contributed by atoms with E-state index in [1.807, 2.05) is 13.0 Å². The van der Waals surface area contributed by atoms with Crippen molar-refractivity contribution in [1.29, 1.82) is 0 Å². The van der Waals surface area contributed by atoms with Crippen LogP contribution in [-0.4, -0.2) is 48.9 Å². The molecule has 3 N–H and O–H groups in total. The van der Waals surface area contributed by atoms with Gasteiger partial charge in [0.05, 0.1) is 18.4 Å². The molecule has 1 amide bonds. The molecular weight excluding hydrogens is 386 g/mol. The fourth-order valence-corrected chi connectivity index (χ4v) is 6.68. The molecule has 7 heteroatoms. The zero-order chi connectivity index (χ0) is 21.2. The maximum absolute atomic E-state index is 12.6. The molecule has 29 heavy (non-hydrogen) atoms. The predicted octanol–water partition coefficient (Wildman–Crippen LogP) is 3.19. The lowest BCUT2D eigenvalue weighted by molar-refractivity contribution is -0.135. The van der Waals surface area contributed by atoms with E-state index in [2.05, 4.69) is 31.1 Å². The molecule has 1 heterocycles. The minimum absolute atomic E-state index is 0.00317.